The van der Waals surface area contributed by atoms with E-state index in [-0.39, 0.29) is 5.78 Å². The minimum Gasteiger partial charge on any atom is -0.493 e. The summed E-state index contributed by atoms with van der Waals surface area (Å²) in [4.78, 5) is 14.8. The molecule has 3 heteroatoms. The Balaban J connectivity index is 1.95. The summed E-state index contributed by atoms with van der Waals surface area (Å²) in [5.41, 5.74) is 2.03. The topological polar surface area (TPSA) is 26.3 Å². The van der Waals surface area contributed by atoms with Crippen LogP contribution in [0.1, 0.15) is 39.0 Å². The highest BCUT2D eigenvalue weighted by molar-refractivity contribution is 7.14. The van der Waals surface area contributed by atoms with E-state index in [9.17, 15) is 4.79 Å². The van der Waals surface area contributed by atoms with Crippen LogP contribution in [-0.4, -0.2) is 12.4 Å². The van der Waals surface area contributed by atoms with Crippen LogP contribution in [0, 0.1) is 0 Å². The number of ether oxygens (including phenoxy) is 1. The molecule has 1 aromatic heterocycles. The standard InChI is InChI=1S/C16H16O2S/c1-2-18-13-8-4-3-7-12(13)16(17)15-10-11-6-5-9-14(11)19-15/h3-4,7-8,10H,2,5-6,9H2,1H3. The third-order valence-electron chi connectivity index (χ3n) is 3.40. The van der Waals surface area contributed by atoms with Crippen LogP contribution in [0.2, 0.25) is 0 Å². The van der Waals surface area contributed by atoms with Crippen LogP contribution in [0.3, 0.4) is 0 Å². The quantitative estimate of drug-likeness (QED) is 0.790. The molecule has 1 aliphatic rings. The molecule has 1 aliphatic carbocycles. The van der Waals surface area contributed by atoms with Crippen molar-refractivity contribution in [3.8, 4) is 5.75 Å². The second-order valence-corrected chi connectivity index (χ2v) is 5.81. The molecule has 1 aromatic carbocycles. The third kappa shape index (κ3) is 2.30. The molecule has 0 aliphatic heterocycles. The summed E-state index contributed by atoms with van der Waals surface area (Å²) >= 11 is 1.65. The van der Waals surface area contributed by atoms with Gasteiger partial charge in [0.1, 0.15) is 5.75 Å². The minimum absolute atomic E-state index is 0.0865. The summed E-state index contributed by atoms with van der Waals surface area (Å²) in [6.07, 6.45) is 3.47. The number of aryl methyl sites for hydroxylation is 2. The van der Waals surface area contributed by atoms with Crippen LogP contribution in [0.5, 0.6) is 5.75 Å². The molecule has 0 saturated heterocycles. The number of carbonyl (C=O) groups excluding carboxylic acids is 1. The number of thiophene rings is 1. The Hall–Kier alpha value is -1.61. The molecule has 0 fully saturated rings. The van der Waals surface area contributed by atoms with E-state index in [1.807, 2.05) is 31.2 Å². The zero-order chi connectivity index (χ0) is 13.2. The first-order valence-corrected chi connectivity index (χ1v) is 7.49. The lowest BCUT2D eigenvalue weighted by Crippen LogP contribution is -2.03. The van der Waals surface area contributed by atoms with Gasteiger partial charge in [0.2, 0.25) is 5.78 Å². The molecule has 2 aromatic rings. The zero-order valence-electron chi connectivity index (χ0n) is 10.9. The highest BCUT2D eigenvalue weighted by Gasteiger charge is 2.21. The molecule has 2 nitrogen and oxygen atoms in total. The molecular formula is C16H16O2S. The Morgan fingerprint density at radius 3 is 2.95 bits per heavy atom. The fourth-order valence-electron chi connectivity index (χ4n) is 2.51. The number of carbonyl (C=O) groups is 1. The van der Waals surface area contributed by atoms with Crippen molar-refractivity contribution >= 4 is 17.1 Å². The Morgan fingerprint density at radius 1 is 1.32 bits per heavy atom. The van der Waals surface area contributed by atoms with Crippen molar-refractivity contribution in [3.63, 3.8) is 0 Å². The first kappa shape index (κ1) is 12.4. The van der Waals surface area contributed by atoms with Crippen molar-refractivity contribution < 1.29 is 9.53 Å². The number of rotatable bonds is 4. The first-order chi connectivity index (χ1) is 9.29. The molecule has 0 amide bonds. The minimum atomic E-state index is 0.0865. The largest absolute Gasteiger partial charge is 0.493 e. The number of hydrogen-bond donors (Lipinski definition) is 0. The fourth-order valence-corrected chi connectivity index (χ4v) is 3.72. The molecule has 0 atom stereocenters. The molecule has 0 bridgehead atoms. The smallest absolute Gasteiger partial charge is 0.206 e. The molecule has 19 heavy (non-hydrogen) atoms. The van der Waals surface area contributed by atoms with Crippen LogP contribution in [-0.2, 0) is 12.8 Å². The van der Waals surface area contributed by atoms with Crippen LogP contribution < -0.4 is 4.74 Å². The van der Waals surface area contributed by atoms with Gasteiger partial charge in [0.25, 0.3) is 0 Å². The molecule has 0 saturated carbocycles. The highest BCUT2D eigenvalue weighted by Crippen LogP contribution is 2.33. The van der Waals surface area contributed by atoms with E-state index < -0.39 is 0 Å². The Bertz CT molecular complexity index is 591. The van der Waals surface area contributed by atoms with E-state index in [2.05, 4.69) is 6.07 Å². The summed E-state index contributed by atoms with van der Waals surface area (Å²) in [5.74, 6) is 0.770. The van der Waals surface area contributed by atoms with Crippen LogP contribution in [0.25, 0.3) is 0 Å². The molecule has 98 valence electrons. The second-order valence-electron chi connectivity index (χ2n) is 4.67. The molecule has 0 spiro atoms. The van der Waals surface area contributed by atoms with E-state index in [1.165, 1.54) is 16.9 Å². The zero-order valence-corrected chi connectivity index (χ0v) is 11.8. The van der Waals surface area contributed by atoms with Gasteiger partial charge in [-0.25, -0.2) is 0 Å². The van der Waals surface area contributed by atoms with Gasteiger partial charge in [-0.3, -0.25) is 4.79 Å². The van der Waals surface area contributed by atoms with E-state index in [1.54, 1.807) is 11.3 Å². The Morgan fingerprint density at radius 2 is 2.16 bits per heavy atom. The average molecular weight is 272 g/mol. The van der Waals surface area contributed by atoms with Crippen molar-refractivity contribution in [1.29, 1.82) is 0 Å². The van der Waals surface area contributed by atoms with Crippen LogP contribution >= 0.6 is 11.3 Å². The maximum Gasteiger partial charge on any atom is 0.206 e. The highest BCUT2D eigenvalue weighted by atomic mass is 32.1. The van der Waals surface area contributed by atoms with Crippen molar-refractivity contribution in [1.82, 2.24) is 0 Å². The lowest BCUT2D eigenvalue weighted by atomic mass is 10.1. The van der Waals surface area contributed by atoms with Gasteiger partial charge in [0.05, 0.1) is 17.0 Å². The molecule has 0 radical (unpaired) electrons. The van der Waals surface area contributed by atoms with Gasteiger partial charge in [0, 0.05) is 4.88 Å². The second kappa shape index (κ2) is 5.17. The van der Waals surface area contributed by atoms with Crippen LogP contribution in [0.15, 0.2) is 30.3 Å². The Labute approximate surface area is 117 Å². The van der Waals surface area contributed by atoms with Crippen molar-refractivity contribution in [2.45, 2.75) is 26.2 Å². The number of hydrogen-bond acceptors (Lipinski definition) is 3. The van der Waals surface area contributed by atoms with Crippen molar-refractivity contribution in [2.75, 3.05) is 6.61 Å². The number of ketones is 1. The molecule has 0 N–H and O–H groups in total. The third-order valence-corrected chi connectivity index (χ3v) is 4.64. The van der Waals surface area contributed by atoms with Crippen molar-refractivity contribution in [3.05, 3.63) is 51.2 Å². The fraction of sp³-hybridized carbons (Fsp3) is 0.312. The Kier molecular flexibility index (Phi) is 3.38. The maximum atomic E-state index is 12.6. The molecule has 0 unspecified atom stereocenters. The first-order valence-electron chi connectivity index (χ1n) is 6.67. The van der Waals surface area contributed by atoms with Gasteiger partial charge >= 0.3 is 0 Å². The van der Waals surface area contributed by atoms with E-state index in [0.29, 0.717) is 17.9 Å². The predicted octanol–water partition coefficient (Wildman–Crippen LogP) is 3.87. The van der Waals surface area contributed by atoms with Gasteiger partial charge in [0.15, 0.2) is 0 Å². The summed E-state index contributed by atoms with van der Waals surface area (Å²) in [7, 11) is 0. The predicted molar refractivity (Wildman–Crippen MR) is 77.4 cm³/mol. The summed E-state index contributed by atoms with van der Waals surface area (Å²) < 4.78 is 5.54. The van der Waals surface area contributed by atoms with E-state index >= 15 is 0 Å². The van der Waals surface area contributed by atoms with Gasteiger partial charge in [-0.1, -0.05) is 12.1 Å². The normalized spacial score (nSPS) is 13.3. The molecular weight excluding hydrogens is 256 g/mol. The number of para-hydroxylation sites is 1. The SMILES string of the molecule is CCOc1ccccc1C(=O)c1cc2c(s1)CCC2. The average Bonchev–Trinajstić information content (AvgIpc) is 2.99. The summed E-state index contributed by atoms with van der Waals surface area (Å²) in [5, 5.41) is 0. The lowest BCUT2D eigenvalue weighted by molar-refractivity contribution is 0.103. The van der Waals surface area contributed by atoms with Gasteiger partial charge in [-0.05, 0) is 49.9 Å². The lowest BCUT2D eigenvalue weighted by Gasteiger charge is -2.07. The maximum absolute atomic E-state index is 12.6. The number of benzene rings is 1. The molecule has 3 rings (SSSR count). The van der Waals surface area contributed by atoms with E-state index in [0.717, 1.165) is 17.7 Å². The molecule has 1 heterocycles. The van der Waals surface area contributed by atoms with Crippen molar-refractivity contribution in [2.24, 2.45) is 0 Å². The van der Waals surface area contributed by atoms with Gasteiger partial charge in [-0.15, -0.1) is 11.3 Å². The summed E-state index contributed by atoms with van der Waals surface area (Å²) in [6, 6.07) is 9.56. The van der Waals surface area contributed by atoms with E-state index in [4.69, 9.17) is 4.74 Å². The van der Waals surface area contributed by atoms with Gasteiger partial charge < -0.3 is 4.74 Å². The monoisotopic (exact) mass is 272 g/mol. The van der Waals surface area contributed by atoms with Crippen LogP contribution in [0.4, 0.5) is 0 Å². The number of fused-ring (bicyclic) bond motifs is 1. The van der Waals surface area contributed by atoms with Gasteiger partial charge in [-0.2, -0.15) is 0 Å². The summed E-state index contributed by atoms with van der Waals surface area (Å²) in [6.45, 7) is 2.51.